The molecule has 0 aromatic rings. The summed E-state index contributed by atoms with van der Waals surface area (Å²) in [5.74, 6) is -9.82. The van der Waals surface area contributed by atoms with E-state index in [-0.39, 0.29) is 62.0 Å². The van der Waals surface area contributed by atoms with Gasteiger partial charge in [0.05, 0.1) is 12.1 Å². The lowest BCUT2D eigenvalue weighted by molar-refractivity contribution is -0.157. The number of likely N-dealkylation sites (N-methyl/N-ethyl adjacent to an activating group) is 7. The highest BCUT2D eigenvalue weighted by atomic mass is 16.5. The maximum absolute atomic E-state index is 15.2. The lowest BCUT2D eigenvalue weighted by Gasteiger charge is -2.41. The zero-order chi connectivity index (χ0) is 66.5. The Kier molecular flexibility index (Phi) is 28.5. The zero-order valence-corrected chi connectivity index (χ0v) is 55.8. The molecule has 2 heterocycles. The monoisotopic (exact) mass is 1220 g/mol. The lowest BCUT2D eigenvalue weighted by atomic mass is 9.92. The van der Waals surface area contributed by atoms with Gasteiger partial charge in [-0.15, -0.1) is 0 Å². The number of allylic oxidation sites excluding steroid dienone is 1. The Morgan fingerprint density at radius 1 is 0.535 bits per heavy atom. The fourth-order valence-corrected chi connectivity index (χ4v) is 11.1. The quantitative estimate of drug-likeness (QED) is 0.153. The number of nitrogens with zero attached hydrogens (tertiary/aromatic N) is 7. The third kappa shape index (κ3) is 20.0. The van der Waals surface area contributed by atoms with Crippen LogP contribution in [0.1, 0.15) is 149 Å². The minimum Gasteiger partial charge on any atom is -0.512 e. The van der Waals surface area contributed by atoms with Gasteiger partial charge in [0.15, 0.2) is 0 Å². The molecule has 25 nitrogen and oxygen atoms in total. The van der Waals surface area contributed by atoms with Crippen molar-refractivity contribution in [3.63, 3.8) is 0 Å². The third-order valence-electron chi connectivity index (χ3n) is 16.3. The molecule has 0 aliphatic carbocycles. The van der Waals surface area contributed by atoms with E-state index in [9.17, 15) is 53.4 Å². The Morgan fingerprint density at radius 2 is 1.00 bits per heavy atom. The first-order valence-corrected chi connectivity index (χ1v) is 30.3. The van der Waals surface area contributed by atoms with Crippen molar-refractivity contribution in [3.05, 3.63) is 12.0 Å². The van der Waals surface area contributed by atoms with Gasteiger partial charge >= 0.3 is 0 Å². The van der Waals surface area contributed by atoms with Gasteiger partial charge in [-0.2, -0.15) is 0 Å². The van der Waals surface area contributed by atoms with Gasteiger partial charge in [0.25, 0.3) is 0 Å². The number of hydrogen-bond donors (Lipinski definition) is 6. The highest BCUT2D eigenvalue weighted by Crippen LogP contribution is 2.34. The molecule has 6 N–H and O–H groups in total. The summed E-state index contributed by atoms with van der Waals surface area (Å²) in [6.07, 6.45) is -0.0643. The van der Waals surface area contributed by atoms with Gasteiger partial charge in [-0.05, 0) is 83.0 Å². The second kappa shape index (κ2) is 32.4. The SMILES string of the molecule is CC[C@@H]1NC(=O)[C@@H](C2O/C(=C/O)CC2C)N(C)C(=O)[C@H](C(C)C)N(C)C(=O)[C@H](CC(C)C)N(C)C(=O)[C@H](CC(C)(C)O)N(C)C(=O)[C@@H](C)NC(=O)[C@H](C)NC(=O)[C@H](CC(C)C)N(C)C(=O)[C@H](C(C)C)NC(=O)[C@H](CC(C)C)N(C)C(=O)CN(C)C1=O. The van der Waals surface area contributed by atoms with Gasteiger partial charge in [0.1, 0.15) is 78.5 Å². The first-order valence-electron chi connectivity index (χ1n) is 30.3. The fourth-order valence-electron chi connectivity index (χ4n) is 11.1. The number of aliphatic hydroxyl groups is 2. The molecule has 490 valence electrons. The van der Waals surface area contributed by atoms with Crippen LogP contribution in [0.3, 0.4) is 0 Å². The topological polar surface area (TPSA) is 308 Å². The molecule has 25 heteroatoms. The van der Waals surface area contributed by atoms with E-state index in [0.29, 0.717) is 0 Å². The van der Waals surface area contributed by atoms with Crippen molar-refractivity contribution in [1.29, 1.82) is 0 Å². The van der Waals surface area contributed by atoms with Gasteiger partial charge in [0, 0.05) is 68.1 Å². The molecular formula is C61H107N11O14. The second-order valence-electron chi connectivity index (χ2n) is 26.6. The molecule has 2 rings (SSSR count). The predicted molar refractivity (Wildman–Crippen MR) is 325 cm³/mol. The molecule has 0 radical (unpaired) electrons. The van der Waals surface area contributed by atoms with Gasteiger partial charge in [-0.3, -0.25) is 52.7 Å². The van der Waals surface area contributed by atoms with Crippen LogP contribution in [0.15, 0.2) is 12.0 Å². The average Bonchev–Trinajstić information content (AvgIpc) is 2.14. The summed E-state index contributed by atoms with van der Waals surface area (Å²) in [6.45, 7) is 26.4. The van der Waals surface area contributed by atoms with E-state index < -0.39 is 161 Å². The summed E-state index contributed by atoms with van der Waals surface area (Å²) < 4.78 is 6.12. The molecule has 0 bridgehead atoms. The average molecular weight is 1220 g/mol. The van der Waals surface area contributed by atoms with Crippen molar-refractivity contribution in [1.82, 2.24) is 55.6 Å². The molecule has 2 saturated heterocycles. The van der Waals surface area contributed by atoms with Crippen LogP contribution in [0.2, 0.25) is 0 Å². The van der Waals surface area contributed by atoms with Crippen LogP contribution < -0.4 is 21.3 Å². The van der Waals surface area contributed by atoms with Gasteiger partial charge in [-0.1, -0.05) is 83.1 Å². The van der Waals surface area contributed by atoms with Crippen molar-refractivity contribution in [2.75, 3.05) is 55.9 Å². The Hall–Kier alpha value is -6.53. The summed E-state index contributed by atoms with van der Waals surface area (Å²) >= 11 is 0. The standard InChI is InChI=1S/C61H107N11O14/c1-24-41-56(80)66(17)30-46(74)67(18)42(25-32(2)3)53(77)65-47(35(8)9)59(83)68(19)43(26-33(4)5)52(76)62-38(13)51(75)63-39(14)55(79)70(21)45(29-61(15,16)85)58(82)69(20)44(27-34(6)7)57(81)71(22)48(36(10)11)60(84)72(23)49(54(78)64-41)50-37(12)28-40(31-73)86-50/h31-39,41-45,47-50,73,85H,24-30H2,1-23H3,(H,62,76)(H,63,75)(H,64,78)(H,65,77)/b40-31+/t37?,38-,39+,41-,42-,43-,44-,45-,47-,48-,49+,50?/m0/s1. The fraction of sp³-hybridized carbons (Fsp3) is 0.787. The van der Waals surface area contributed by atoms with E-state index in [1.165, 1.54) is 96.6 Å². The summed E-state index contributed by atoms with van der Waals surface area (Å²) in [5, 5.41) is 32.2. The van der Waals surface area contributed by atoms with Crippen LogP contribution in [0.25, 0.3) is 0 Å². The smallest absolute Gasteiger partial charge is 0.247 e. The van der Waals surface area contributed by atoms with E-state index in [1.807, 2.05) is 41.5 Å². The Labute approximate surface area is 511 Å². The highest BCUT2D eigenvalue weighted by molar-refractivity contribution is 5.99. The lowest BCUT2D eigenvalue weighted by Crippen LogP contribution is -2.63. The van der Waals surface area contributed by atoms with E-state index >= 15 is 9.59 Å². The Bertz CT molecular complexity index is 2440. The maximum Gasteiger partial charge on any atom is 0.247 e. The van der Waals surface area contributed by atoms with Gasteiger partial charge in [-0.25, -0.2) is 0 Å². The third-order valence-corrected chi connectivity index (χ3v) is 16.3. The van der Waals surface area contributed by atoms with Crippen LogP contribution in [0.5, 0.6) is 0 Å². The molecule has 2 aliphatic heterocycles. The Balaban J connectivity index is 2.98. The zero-order valence-electron chi connectivity index (χ0n) is 55.8. The molecule has 2 unspecified atom stereocenters. The van der Waals surface area contributed by atoms with Crippen molar-refractivity contribution in [3.8, 4) is 0 Å². The number of rotatable bonds is 12. The van der Waals surface area contributed by atoms with Crippen molar-refractivity contribution in [2.24, 2.45) is 35.5 Å². The molecule has 2 fully saturated rings. The van der Waals surface area contributed by atoms with E-state index in [1.54, 1.807) is 41.5 Å². The largest absolute Gasteiger partial charge is 0.512 e. The van der Waals surface area contributed by atoms with E-state index in [4.69, 9.17) is 4.74 Å². The van der Waals surface area contributed by atoms with Gasteiger partial charge < -0.3 is 70.5 Å². The minimum absolute atomic E-state index is 0.0202. The number of nitrogens with one attached hydrogen (secondary N) is 4. The first-order chi connectivity index (χ1) is 39.6. The summed E-state index contributed by atoms with van der Waals surface area (Å²) in [6, 6.07) is -12.8. The molecular weight excluding hydrogens is 1110 g/mol. The van der Waals surface area contributed by atoms with Crippen molar-refractivity contribution >= 4 is 65.0 Å². The highest BCUT2D eigenvalue weighted by Gasteiger charge is 2.48. The molecule has 0 saturated carbocycles. The normalized spacial score (nSPS) is 29.1. The first kappa shape index (κ1) is 75.6. The van der Waals surface area contributed by atoms with Crippen LogP contribution >= 0.6 is 0 Å². The number of amides is 11. The molecule has 0 spiro atoms. The maximum atomic E-state index is 15.2. The Morgan fingerprint density at radius 3 is 1.47 bits per heavy atom. The molecule has 11 amide bonds. The van der Waals surface area contributed by atoms with Crippen LogP contribution in [0, 0.1) is 35.5 Å². The van der Waals surface area contributed by atoms with Crippen molar-refractivity contribution < 1.29 is 67.7 Å². The summed E-state index contributed by atoms with van der Waals surface area (Å²) in [5.41, 5.74) is -1.56. The van der Waals surface area contributed by atoms with Crippen LogP contribution in [0.4, 0.5) is 0 Å². The van der Waals surface area contributed by atoms with E-state index in [2.05, 4.69) is 21.3 Å². The number of carbonyl (C=O) groups excluding carboxylic acids is 11. The van der Waals surface area contributed by atoms with Crippen LogP contribution in [-0.4, -0.2) is 237 Å². The number of aliphatic hydroxyl groups excluding tert-OH is 1. The molecule has 12 atom stereocenters. The van der Waals surface area contributed by atoms with E-state index in [0.717, 1.165) is 21.0 Å². The van der Waals surface area contributed by atoms with Crippen molar-refractivity contribution in [2.45, 2.75) is 221 Å². The number of hydrogen-bond acceptors (Lipinski definition) is 14. The summed E-state index contributed by atoms with van der Waals surface area (Å²) in [7, 11) is 9.70. The minimum atomic E-state index is -1.56. The summed E-state index contributed by atoms with van der Waals surface area (Å²) in [4.78, 5) is 169. The predicted octanol–water partition coefficient (Wildman–Crippen LogP) is 2.25. The number of ether oxygens (including phenoxy) is 1. The second-order valence-corrected chi connectivity index (χ2v) is 26.6. The molecule has 86 heavy (non-hydrogen) atoms. The molecule has 0 aromatic carbocycles. The molecule has 0 aromatic heterocycles. The number of carbonyl (C=O) groups is 11. The van der Waals surface area contributed by atoms with Gasteiger partial charge in [0.2, 0.25) is 65.0 Å². The molecule has 2 aliphatic rings. The van der Waals surface area contributed by atoms with Crippen LogP contribution in [-0.2, 0) is 57.5 Å².